The van der Waals surface area contributed by atoms with Crippen molar-refractivity contribution in [1.29, 1.82) is 5.41 Å². The maximum Gasteiger partial charge on any atom is 0.0963 e. The molecule has 4 nitrogen and oxygen atoms in total. The van der Waals surface area contributed by atoms with Crippen LogP contribution in [0.5, 0.6) is 0 Å². The molecule has 1 saturated heterocycles. The van der Waals surface area contributed by atoms with Crippen LogP contribution in [0.15, 0.2) is 0 Å². The van der Waals surface area contributed by atoms with Crippen LogP contribution in [-0.4, -0.2) is 54.4 Å². The van der Waals surface area contributed by atoms with E-state index in [1.54, 1.807) is 0 Å². The SMILES string of the molecule is CN1CCN(CCCCC(C)(C)C(=N)N)CC1(C)C. The van der Waals surface area contributed by atoms with Crippen LogP contribution in [0.25, 0.3) is 0 Å². The third-order valence-corrected chi connectivity index (χ3v) is 4.65. The predicted molar refractivity (Wildman–Crippen MR) is 82.7 cm³/mol. The summed E-state index contributed by atoms with van der Waals surface area (Å²) in [4.78, 5) is 5.02. The summed E-state index contributed by atoms with van der Waals surface area (Å²) in [5, 5.41) is 7.56. The van der Waals surface area contributed by atoms with Crippen molar-refractivity contribution >= 4 is 5.84 Å². The van der Waals surface area contributed by atoms with Crippen LogP contribution in [0.1, 0.15) is 47.0 Å². The molecule has 1 rings (SSSR count). The topological polar surface area (TPSA) is 56.4 Å². The molecule has 0 spiro atoms. The van der Waals surface area contributed by atoms with Crippen LogP contribution in [0.2, 0.25) is 0 Å². The quantitative estimate of drug-likeness (QED) is 0.441. The molecule has 0 saturated carbocycles. The molecular weight excluding hydrogens is 236 g/mol. The van der Waals surface area contributed by atoms with Crippen molar-refractivity contribution in [3.8, 4) is 0 Å². The van der Waals surface area contributed by atoms with Gasteiger partial charge in [0.25, 0.3) is 0 Å². The molecule has 1 aliphatic heterocycles. The van der Waals surface area contributed by atoms with Crippen molar-refractivity contribution in [2.75, 3.05) is 33.2 Å². The Morgan fingerprint density at radius 1 is 1.26 bits per heavy atom. The maximum absolute atomic E-state index is 7.56. The Hall–Kier alpha value is -0.610. The number of nitrogens with zero attached hydrogens (tertiary/aromatic N) is 2. The lowest BCUT2D eigenvalue weighted by Crippen LogP contribution is -2.57. The number of likely N-dealkylation sites (N-methyl/N-ethyl adjacent to an activating group) is 1. The molecule has 0 amide bonds. The first-order valence-electron chi connectivity index (χ1n) is 7.43. The van der Waals surface area contributed by atoms with E-state index in [-0.39, 0.29) is 11.0 Å². The van der Waals surface area contributed by atoms with Gasteiger partial charge in [-0.15, -0.1) is 0 Å². The summed E-state index contributed by atoms with van der Waals surface area (Å²) in [6.07, 6.45) is 3.37. The lowest BCUT2D eigenvalue weighted by molar-refractivity contribution is 0.0391. The fourth-order valence-corrected chi connectivity index (χ4v) is 2.57. The highest BCUT2D eigenvalue weighted by Crippen LogP contribution is 2.23. The number of hydrogen-bond acceptors (Lipinski definition) is 3. The zero-order valence-corrected chi connectivity index (χ0v) is 13.4. The summed E-state index contributed by atoms with van der Waals surface area (Å²) in [5.74, 6) is 0.313. The second kappa shape index (κ2) is 6.23. The number of unbranched alkanes of at least 4 members (excludes halogenated alkanes) is 1. The van der Waals surface area contributed by atoms with Crippen molar-refractivity contribution in [3.05, 3.63) is 0 Å². The number of nitrogens with two attached hydrogens (primary N) is 1. The fraction of sp³-hybridized carbons (Fsp3) is 0.933. The zero-order valence-electron chi connectivity index (χ0n) is 13.4. The van der Waals surface area contributed by atoms with Gasteiger partial charge < -0.3 is 10.6 Å². The molecule has 0 bridgehead atoms. The first-order valence-corrected chi connectivity index (χ1v) is 7.43. The number of piperazine rings is 1. The van der Waals surface area contributed by atoms with E-state index in [0.717, 1.165) is 25.9 Å². The number of rotatable bonds is 6. The molecular formula is C15H32N4. The van der Waals surface area contributed by atoms with E-state index in [9.17, 15) is 0 Å². The Morgan fingerprint density at radius 2 is 1.89 bits per heavy atom. The van der Waals surface area contributed by atoms with E-state index in [1.807, 2.05) is 0 Å². The molecule has 112 valence electrons. The van der Waals surface area contributed by atoms with Crippen molar-refractivity contribution in [3.63, 3.8) is 0 Å². The molecule has 0 aromatic heterocycles. The van der Waals surface area contributed by atoms with E-state index in [2.05, 4.69) is 44.5 Å². The Balaban J connectivity index is 2.26. The largest absolute Gasteiger partial charge is 0.387 e. The molecule has 0 atom stereocenters. The Kier molecular flexibility index (Phi) is 5.39. The minimum absolute atomic E-state index is 0.138. The summed E-state index contributed by atoms with van der Waals surface area (Å²) >= 11 is 0. The van der Waals surface area contributed by atoms with Gasteiger partial charge in [0.1, 0.15) is 0 Å². The van der Waals surface area contributed by atoms with Crippen LogP contribution >= 0.6 is 0 Å². The highest BCUT2D eigenvalue weighted by molar-refractivity contribution is 5.82. The van der Waals surface area contributed by atoms with Crippen LogP contribution in [-0.2, 0) is 0 Å². The third-order valence-electron chi connectivity index (χ3n) is 4.65. The summed E-state index contributed by atoms with van der Waals surface area (Å²) in [6.45, 7) is 13.4. The fourth-order valence-electron chi connectivity index (χ4n) is 2.57. The van der Waals surface area contributed by atoms with E-state index >= 15 is 0 Å². The van der Waals surface area contributed by atoms with Crippen LogP contribution in [0, 0.1) is 10.8 Å². The number of amidine groups is 1. The average molecular weight is 268 g/mol. The second-order valence-corrected chi connectivity index (χ2v) is 7.26. The van der Waals surface area contributed by atoms with Gasteiger partial charge in [0, 0.05) is 30.6 Å². The molecule has 0 unspecified atom stereocenters. The van der Waals surface area contributed by atoms with Gasteiger partial charge >= 0.3 is 0 Å². The lowest BCUT2D eigenvalue weighted by Gasteiger charge is -2.45. The zero-order chi connectivity index (χ0) is 14.7. The Morgan fingerprint density at radius 3 is 2.42 bits per heavy atom. The summed E-state index contributed by atoms with van der Waals surface area (Å²) in [5.41, 5.74) is 5.76. The van der Waals surface area contributed by atoms with Crippen molar-refractivity contribution < 1.29 is 0 Å². The molecule has 19 heavy (non-hydrogen) atoms. The first-order chi connectivity index (χ1) is 8.65. The molecule has 0 aromatic rings. The average Bonchev–Trinajstić information content (AvgIpc) is 2.28. The van der Waals surface area contributed by atoms with Crippen molar-refractivity contribution in [2.24, 2.45) is 11.1 Å². The van der Waals surface area contributed by atoms with Crippen molar-refractivity contribution in [2.45, 2.75) is 52.5 Å². The monoisotopic (exact) mass is 268 g/mol. The maximum atomic E-state index is 7.56. The molecule has 1 fully saturated rings. The van der Waals surface area contributed by atoms with E-state index in [4.69, 9.17) is 11.1 Å². The molecule has 0 aromatic carbocycles. The Bertz CT molecular complexity index is 309. The lowest BCUT2D eigenvalue weighted by atomic mass is 9.86. The van der Waals surface area contributed by atoms with Gasteiger partial charge in [-0.25, -0.2) is 0 Å². The van der Waals surface area contributed by atoms with Gasteiger partial charge in [-0.1, -0.05) is 20.3 Å². The second-order valence-electron chi connectivity index (χ2n) is 7.26. The third kappa shape index (κ3) is 4.77. The van der Waals surface area contributed by atoms with Gasteiger partial charge in [0.2, 0.25) is 0 Å². The molecule has 0 aliphatic carbocycles. The van der Waals surface area contributed by atoms with E-state index in [0.29, 0.717) is 5.84 Å². The van der Waals surface area contributed by atoms with Crippen LogP contribution < -0.4 is 5.73 Å². The molecule has 0 radical (unpaired) electrons. The summed E-state index contributed by atoms with van der Waals surface area (Å²) in [6, 6.07) is 0. The van der Waals surface area contributed by atoms with Crippen molar-refractivity contribution in [1.82, 2.24) is 9.80 Å². The van der Waals surface area contributed by atoms with Gasteiger partial charge in [0.15, 0.2) is 0 Å². The number of nitrogens with one attached hydrogen (secondary N) is 1. The molecule has 3 N–H and O–H groups in total. The van der Waals surface area contributed by atoms with Crippen LogP contribution in [0.4, 0.5) is 0 Å². The minimum atomic E-state index is -0.138. The molecule has 4 heteroatoms. The minimum Gasteiger partial charge on any atom is -0.387 e. The van der Waals surface area contributed by atoms with Gasteiger partial charge in [-0.05, 0) is 40.3 Å². The number of hydrogen-bond donors (Lipinski definition) is 2. The molecule has 1 aliphatic rings. The van der Waals surface area contributed by atoms with Gasteiger partial charge in [-0.2, -0.15) is 0 Å². The Labute approximate surface area is 118 Å². The molecule has 1 heterocycles. The van der Waals surface area contributed by atoms with Gasteiger partial charge in [-0.3, -0.25) is 10.3 Å². The standard InChI is InChI=1S/C15H32N4/c1-14(2,13(16)17)8-6-7-9-19-11-10-18(5)15(3,4)12-19/h6-12H2,1-5H3,(H3,16,17). The first kappa shape index (κ1) is 16.4. The smallest absolute Gasteiger partial charge is 0.0963 e. The van der Waals surface area contributed by atoms with Gasteiger partial charge in [0.05, 0.1) is 5.84 Å². The van der Waals surface area contributed by atoms with Crippen LogP contribution in [0.3, 0.4) is 0 Å². The summed E-state index contributed by atoms with van der Waals surface area (Å²) < 4.78 is 0. The highest BCUT2D eigenvalue weighted by atomic mass is 15.3. The highest BCUT2D eigenvalue weighted by Gasteiger charge is 2.30. The normalized spacial score (nSPS) is 21.5. The van der Waals surface area contributed by atoms with E-state index in [1.165, 1.54) is 19.5 Å². The summed E-state index contributed by atoms with van der Waals surface area (Å²) in [7, 11) is 2.21. The van der Waals surface area contributed by atoms with E-state index < -0.39 is 0 Å². The predicted octanol–water partition coefficient (Wildman–Crippen LogP) is 2.14.